The monoisotopic (exact) mass is 260 g/mol. The van der Waals surface area contributed by atoms with E-state index in [0.29, 0.717) is 0 Å². The number of anilines is 1. The summed E-state index contributed by atoms with van der Waals surface area (Å²) in [4.78, 5) is 11.1. The SMILES string of the molecule is CNC1(C)CCN(c2ncnc3c2cnn3C)CC1. The van der Waals surface area contributed by atoms with Crippen LogP contribution in [0.15, 0.2) is 12.5 Å². The summed E-state index contributed by atoms with van der Waals surface area (Å²) in [5.41, 5.74) is 1.14. The van der Waals surface area contributed by atoms with Crippen LogP contribution in [0.4, 0.5) is 5.82 Å². The average molecular weight is 260 g/mol. The van der Waals surface area contributed by atoms with Gasteiger partial charge in [-0.25, -0.2) is 9.97 Å². The Bertz CT molecular complexity index is 582. The van der Waals surface area contributed by atoms with Crippen LogP contribution in [-0.2, 0) is 7.05 Å². The first-order valence-corrected chi connectivity index (χ1v) is 6.69. The zero-order chi connectivity index (χ0) is 13.5. The van der Waals surface area contributed by atoms with Gasteiger partial charge in [-0.15, -0.1) is 0 Å². The third-order valence-corrected chi connectivity index (χ3v) is 4.28. The molecule has 2 aromatic rings. The molecule has 0 unspecified atom stereocenters. The number of nitrogens with one attached hydrogen (secondary N) is 1. The molecule has 2 aromatic heterocycles. The molecule has 0 saturated carbocycles. The van der Waals surface area contributed by atoms with Crippen molar-refractivity contribution >= 4 is 16.9 Å². The molecule has 0 amide bonds. The second-order valence-corrected chi connectivity index (χ2v) is 5.50. The summed E-state index contributed by atoms with van der Waals surface area (Å²) in [7, 11) is 3.95. The first-order chi connectivity index (χ1) is 9.13. The second kappa shape index (κ2) is 4.45. The first kappa shape index (κ1) is 12.3. The van der Waals surface area contributed by atoms with Crippen molar-refractivity contribution in [3.8, 4) is 0 Å². The summed E-state index contributed by atoms with van der Waals surface area (Å²) < 4.78 is 1.79. The van der Waals surface area contributed by atoms with Gasteiger partial charge >= 0.3 is 0 Å². The summed E-state index contributed by atoms with van der Waals surface area (Å²) in [5.74, 6) is 1.01. The quantitative estimate of drug-likeness (QED) is 0.871. The summed E-state index contributed by atoms with van der Waals surface area (Å²) in [5, 5.41) is 8.73. The lowest BCUT2D eigenvalue weighted by atomic mass is 9.90. The van der Waals surface area contributed by atoms with E-state index in [0.717, 1.165) is 42.8 Å². The largest absolute Gasteiger partial charge is 0.356 e. The smallest absolute Gasteiger partial charge is 0.163 e. The molecule has 6 nitrogen and oxygen atoms in total. The lowest BCUT2D eigenvalue weighted by molar-refractivity contribution is 0.304. The van der Waals surface area contributed by atoms with Crippen LogP contribution in [-0.4, -0.2) is 45.4 Å². The van der Waals surface area contributed by atoms with E-state index in [2.05, 4.69) is 32.2 Å². The van der Waals surface area contributed by atoms with Crippen molar-refractivity contribution in [3.05, 3.63) is 12.5 Å². The molecular weight excluding hydrogens is 240 g/mol. The maximum absolute atomic E-state index is 4.46. The standard InChI is InChI=1S/C13H20N6/c1-13(14-2)4-6-19(7-5-13)12-10-8-17-18(3)11(10)15-9-16-12/h8-9,14H,4-7H2,1-3H3. The van der Waals surface area contributed by atoms with Crippen molar-refractivity contribution < 1.29 is 0 Å². The van der Waals surface area contributed by atoms with E-state index >= 15 is 0 Å². The van der Waals surface area contributed by atoms with Crippen LogP contribution in [0, 0.1) is 0 Å². The molecule has 0 aliphatic carbocycles. The summed E-state index contributed by atoms with van der Waals surface area (Å²) in [6.07, 6.45) is 5.73. The number of hydrogen-bond acceptors (Lipinski definition) is 5. The van der Waals surface area contributed by atoms with Crippen LogP contribution in [0.2, 0.25) is 0 Å². The Morgan fingerprint density at radius 3 is 2.68 bits per heavy atom. The number of piperidine rings is 1. The Morgan fingerprint density at radius 1 is 1.26 bits per heavy atom. The maximum Gasteiger partial charge on any atom is 0.163 e. The van der Waals surface area contributed by atoms with E-state index in [1.807, 2.05) is 20.3 Å². The molecule has 102 valence electrons. The highest BCUT2D eigenvalue weighted by molar-refractivity contribution is 5.86. The number of hydrogen-bond donors (Lipinski definition) is 1. The van der Waals surface area contributed by atoms with Crippen molar-refractivity contribution in [1.29, 1.82) is 0 Å². The summed E-state index contributed by atoms with van der Waals surface area (Å²) in [6.45, 7) is 4.31. The molecule has 6 heteroatoms. The molecule has 1 aliphatic heterocycles. The molecule has 3 rings (SSSR count). The first-order valence-electron chi connectivity index (χ1n) is 6.69. The van der Waals surface area contributed by atoms with Crippen LogP contribution < -0.4 is 10.2 Å². The minimum absolute atomic E-state index is 0.248. The van der Waals surface area contributed by atoms with E-state index in [1.165, 1.54) is 0 Å². The predicted octanol–water partition coefficient (Wildman–Crippen LogP) is 0.942. The van der Waals surface area contributed by atoms with Gasteiger partial charge in [0.2, 0.25) is 0 Å². The van der Waals surface area contributed by atoms with Crippen LogP contribution in [0.5, 0.6) is 0 Å². The highest BCUT2D eigenvalue weighted by Gasteiger charge is 2.29. The molecule has 0 radical (unpaired) electrons. The van der Waals surface area contributed by atoms with Crippen LogP contribution in [0.3, 0.4) is 0 Å². The molecule has 1 saturated heterocycles. The summed E-state index contributed by atoms with van der Waals surface area (Å²) in [6, 6.07) is 0. The van der Waals surface area contributed by atoms with E-state index in [-0.39, 0.29) is 5.54 Å². The van der Waals surface area contributed by atoms with Gasteiger partial charge in [0.15, 0.2) is 5.65 Å². The Balaban J connectivity index is 1.90. The topological polar surface area (TPSA) is 58.9 Å². The van der Waals surface area contributed by atoms with Gasteiger partial charge in [0, 0.05) is 25.7 Å². The molecule has 0 atom stereocenters. The fraction of sp³-hybridized carbons (Fsp3) is 0.615. The van der Waals surface area contributed by atoms with Gasteiger partial charge in [-0.1, -0.05) is 0 Å². The third kappa shape index (κ3) is 2.06. The highest BCUT2D eigenvalue weighted by Crippen LogP contribution is 2.28. The van der Waals surface area contributed by atoms with E-state index in [4.69, 9.17) is 0 Å². The fourth-order valence-corrected chi connectivity index (χ4v) is 2.66. The fourth-order valence-electron chi connectivity index (χ4n) is 2.66. The molecule has 0 spiro atoms. The average Bonchev–Trinajstić information content (AvgIpc) is 2.82. The van der Waals surface area contributed by atoms with Crippen molar-refractivity contribution in [1.82, 2.24) is 25.1 Å². The molecule has 1 fully saturated rings. The molecule has 3 heterocycles. The molecule has 1 N–H and O–H groups in total. The van der Waals surface area contributed by atoms with Gasteiger partial charge in [-0.3, -0.25) is 4.68 Å². The third-order valence-electron chi connectivity index (χ3n) is 4.28. The number of fused-ring (bicyclic) bond motifs is 1. The molecular formula is C13H20N6. The number of aryl methyl sites for hydroxylation is 1. The number of rotatable bonds is 2. The van der Waals surface area contributed by atoms with Crippen molar-refractivity contribution in [2.75, 3.05) is 25.0 Å². The van der Waals surface area contributed by atoms with Crippen LogP contribution in [0.25, 0.3) is 11.0 Å². The molecule has 0 bridgehead atoms. The Hall–Kier alpha value is -1.69. The number of nitrogens with zero attached hydrogens (tertiary/aromatic N) is 5. The van der Waals surface area contributed by atoms with Gasteiger partial charge in [0.1, 0.15) is 12.1 Å². The summed E-state index contributed by atoms with van der Waals surface area (Å²) >= 11 is 0. The Morgan fingerprint density at radius 2 is 2.00 bits per heavy atom. The zero-order valence-electron chi connectivity index (χ0n) is 11.7. The minimum Gasteiger partial charge on any atom is -0.356 e. The lowest BCUT2D eigenvalue weighted by Crippen LogP contribution is -2.50. The van der Waals surface area contributed by atoms with Crippen molar-refractivity contribution in [3.63, 3.8) is 0 Å². The lowest BCUT2D eigenvalue weighted by Gasteiger charge is -2.39. The van der Waals surface area contributed by atoms with Gasteiger partial charge < -0.3 is 10.2 Å². The van der Waals surface area contributed by atoms with E-state index in [1.54, 1.807) is 11.0 Å². The molecule has 0 aromatic carbocycles. The van der Waals surface area contributed by atoms with Crippen LogP contribution >= 0.6 is 0 Å². The maximum atomic E-state index is 4.46. The number of aromatic nitrogens is 4. The van der Waals surface area contributed by atoms with E-state index < -0.39 is 0 Å². The van der Waals surface area contributed by atoms with Gasteiger partial charge in [0.05, 0.1) is 11.6 Å². The predicted molar refractivity (Wildman–Crippen MR) is 75.2 cm³/mol. The Labute approximate surface area is 112 Å². The highest BCUT2D eigenvalue weighted by atomic mass is 15.3. The molecule has 1 aliphatic rings. The Kier molecular flexibility index (Phi) is 2.89. The zero-order valence-corrected chi connectivity index (χ0v) is 11.7. The minimum atomic E-state index is 0.248. The van der Waals surface area contributed by atoms with Gasteiger partial charge in [0.25, 0.3) is 0 Å². The second-order valence-electron chi connectivity index (χ2n) is 5.50. The van der Waals surface area contributed by atoms with Gasteiger partial charge in [-0.05, 0) is 26.8 Å². The van der Waals surface area contributed by atoms with Crippen molar-refractivity contribution in [2.45, 2.75) is 25.3 Å². The van der Waals surface area contributed by atoms with Crippen LogP contribution in [0.1, 0.15) is 19.8 Å². The van der Waals surface area contributed by atoms with E-state index in [9.17, 15) is 0 Å². The normalized spacial score (nSPS) is 19.0. The van der Waals surface area contributed by atoms with Crippen molar-refractivity contribution in [2.24, 2.45) is 7.05 Å². The molecule has 19 heavy (non-hydrogen) atoms. The van der Waals surface area contributed by atoms with Gasteiger partial charge in [-0.2, -0.15) is 5.10 Å².